The van der Waals surface area contributed by atoms with E-state index >= 15 is 0 Å². The van der Waals surface area contributed by atoms with Crippen molar-refractivity contribution in [2.24, 2.45) is 5.73 Å². The first-order valence-corrected chi connectivity index (χ1v) is 12.5. The molecule has 0 saturated heterocycles. The van der Waals surface area contributed by atoms with Crippen LogP contribution in [0, 0.1) is 0 Å². The number of benzene rings is 2. The predicted octanol–water partition coefficient (Wildman–Crippen LogP) is 4.72. The molecule has 5 aromatic rings. The van der Waals surface area contributed by atoms with E-state index in [2.05, 4.69) is 25.0 Å². The molecule has 3 heterocycles. The van der Waals surface area contributed by atoms with Crippen LogP contribution in [0.25, 0.3) is 33.3 Å². The number of carbonyl (C=O) groups excluding carboxylic acids is 2. The van der Waals surface area contributed by atoms with Gasteiger partial charge in [0.05, 0.1) is 23.2 Å². The molecule has 1 amide bonds. The smallest absolute Gasteiger partial charge is 0.436 e. The summed E-state index contributed by atoms with van der Waals surface area (Å²) < 4.78 is 42.0. The van der Waals surface area contributed by atoms with Gasteiger partial charge in [-0.15, -0.1) is 0 Å². The minimum atomic E-state index is -5.15. The molecular formula is C29H23F3N6O3. The van der Waals surface area contributed by atoms with Crippen LogP contribution in [0.5, 0.6) is 0 Å². The molecule has 0 bridgehead atoms. The molecule has 9 nitrogen and oxygen atoms in total. The zero-order valence-electron chi connectivity index (χ0n) is 21.4. The molecule has 0 aliphatic heterocycles. The third kappa shape index (κ3) is 6.23. The molecule has 0 aliphatic carbocycles. The van der Waals surface area contributed by atoms with Crippen molar-refractivity contribution in [1.29, 1.82) is 0 Å². The minimum Gasteiger partial charge on any atom is -0.436 e. The highest BCUT2D eigenvalue weighted by Crippen LogP contribution is 2.34. The molecule has 4 N–H and O–H groups in total. The highest BCUT2D eigenvalue weighted by atomic mass is 19.4. The minimum absolute atomic E-state index is 0.173. The van der Waals surface area contributed by atoms with E-state index in [9.17, 15) is 22.8 Å². The number of imidazole rings is 1. The summed E-state index contributed by atoms with van der Waals surface area (Å²) in [5.41, 5.74) is 10.1. The first-order valence-electron chi connectivity index (χ1n) is 12.5. The Morgan fingerprint density at radius 2 is 1.76 bits per heavy atom. The summed E-state index contributed by atoms with van der Waals surface area (Å²) in [7, 11) is 0. The highest BCUT2D eigenvalue weighted by molar-refractivity contribution is 6.06. The van der Waals surface area contributed by atoms with Crippen molar-refractivity contribution in [3.8, 4) is 22.4 Å². The van der Waals surface area contributed by atoms with Crippen molar-refractivity contribution in [2.75, 3.05) is 6.54 Å². The normalized spacial score (nSPS) is 12.2. The van der Waals surface area contributed by atoms with Crippen molar-refractivity contribution in [3.63, 3.8) is 0 Å². The molecule has 1 unspecified atom stereocenters. The van der Waals surface area contributed by atoms with E-state index in [-0.39, 0.29) is 17.2 Å². The monoisotopic (exact) mass is 560 g/mol. The molecule has 5 rings (SSSR count). The van der Waals surface area contributed by atoms with Crippen LogP contribution in [0.4, 0.5) is 13.2 Å². The van der Waals surface area contributed by atoms with Gasteiger partial charge in [-0.3, -0.25) is 15.5 Å². The summed E-state index contributed by atoms with van der Waals surface area (Å²) in [5.74, 6) is -2.72. The zero-order valence-corrected chi connectivity index (χ0v) is 21.4. The van der Waals surface area contributed by atoms with E-state index in [0.717, 1.165) is 11.3 Å². The summed E-state index contributed by atoms with van der Waals surface area (Å²) in [4.78, 5) is 40.4. The lowest BCUT2D eigenvalue weighted by molar-refractivity contribution is -0.205. The van der Waals surface area contributed by atoms with Gasteiger partial charge in [-0.1, -0.05) is 54.6 Å². The molecule has 0 fully saturated rings. The lowest BCUT2D eigenvalue weighted by Crippen LogP contribution is -2.29. The Kier molecular flexibility index (Phi) is 7.74. The highest BCUT2D eigenvalue weighted by Gasteiger charge is 2.42. The number of hydrogen-bond acceptors (Lipinski definition) is 7. The molecule has 1 atom stereocenters. The number of aromatic amines is 1. The number of aromatic nitrogens is 4. The maximum Gasteiger partial charge on any atom is 0.490 e. The van der Waals surface area contributed by atoms with Crippen LogP contribution < -0.4 is 11.1 Å². The Morgan fingerprint density at radius 3 is 2.44 bits per heavy atom. The van der Waals surface area contributed by atoms with E-state index in [1.807, 2.05) is 36.4 Å². The van der Waals surface area contributed by atoms with Gasteiger partial charge in [0.25, 0.3) is 5.91 Å². The first-order chi connectivity index (χ1) is 19.7. The quantitative estimate of drug-likeness (QED) is 0.185. The summed E-state index contributed by atoms with van der Waals surface area (Å²) in [6, 6.07) is 19.1. The standard InChI is InChI=1S/C29H23F3N6O3/c30-29(31,32)28(40)41-26(33)19-8-6-18(7-9-19)24-21(17-4-2-1-3-5-17)14-22-23(38-24)11-13-35-25(22)27(39)36-12-10-20-15-34-16-37-20/h1-9,11,13-16,26H,10,12,33H2,(H,34,37)(H,36,39). The number of carbonyl (C=O) groups is 2. The second-order valence-electron chi connectivity index (χ2n) is 8.99. The molecule has 208 valence electrons. The molecule has 0 aliphatic rings. The van der Waals surface area contributed by atoms with Crippen LogP contribution in [0.2, 0.25) is 0 Å². The topological polar surface area (TPSA) is 136 Å². The molecule has 0 spiro atoms. The number of rotatable bonds is 8. The number of fused-ring (bicyclic) bond motifs is 1. The zero-order chi connectivity index (χ0) is 29.0. The van der Waals surface area contributed by atoms with E-state index < -0.39 is 18.4 Å². The van der Waals surface area contributed by atoms with Gasteiger partial charge in [-0.05, 0) is 17.7 Å². The Balaban J connectivity index is 1.49. The van der Waals surface area contributed by atoms with Gasteiger partial charge < -0.3 is 15.0 Å². The number of alkyl halides is 3. The number of esters is 1. The average Bonchev–Trinajstić information content (AvgIpc) is 3.49. The first kappa shape index (κ1) is 27.5. The number of ether oxygens (including phenoxy) is 1. The fraction of sp³-hybridized carbons (Fsp3) is 0.138. The van der Waals surface area contributed by atoms with Crippen LogP contribution in [0.1, 0.15) is 28.0 Å². The number of amides is 1. The number of halogens is 3. The van der Waals surface area contributed by atoms with Gasteiger partial charge in [0.2, 0.25) is 0 Å². The Bertz CT molecular complexity index is 1670. The molecule has 41 heavy (non-hydrogen) atoms. The van der Waals surface area contributed by atoms with E-state index in [0.29, 0.717) is 40.7 Å². The lowest BCUT2D eigenvalue weighted by atomic mass is 9.96. The van der Waals surface area contributed by atoms with Gasteiger partial charge in [-0.2, -0.15) is 13.2 Å². The third-order valence-corrected chi connectivity index (χ3v) is 6.24. The van der Waals surface area contributed by atoms with E-state index in [4.69, 9.17) is 10.7 Å². The van der Waals surface area contributed by atoms with Crippen LogP contribution in [0.15, 0.2) is 85.5 Å². The fourth-order valence-corrected chi connectivity index (χ4v) is 4.23. The molecular weight excluding hydrogens is 537 g/mol. The molecule has 2 aromatic carbocycles. The van der Waals surface area contributed by atoms with Crippen molar-refractivity contribution < 1.29 is 27.5 Å². The Labute approximate surface area is 231 Å². The number of nitrogens with one attached hydrogen (secondary N) is 2. The van der Waals surface area contributed by atoms with Crippen LogP contribution in [-0.2, 0) is 16.0 Å². The van der Waals surface area contributed by atoms with Crippen LogP contribution in [-0.4, -0.2) is 44.5 Å². The summed E-state index contributed by atoms with van der Waals surface area (Å²) in [6.45, 7) is 0.367. The van der Waals surface area contributed by atoms with E-state index in [1.54, 1.807) is 30.7 Å². The predicted molar refractivity (Wildman–Crippen MR) is 144 cm³/mol. The van der Waals surface area contributed by atoms with Crippen molar-refractivity contribution in [3.05, 3.63) is 102 Å². The SMILES string of the molecule is NC(OC(=O)C(F)(F)F)c1ccc(-c2nc3ccnc(C(=O)NCCc4c[nH]cn4)c3cc2-c2ccccc2)cc1. The number of hydrogen-bond donors (Lipinski definition) is 3. The second-order valence-corrected chi connectivity index (χ2v) is 8.99. The average molecular weight is 561 g/mol. The summed E-state index contributed by atoms with van der Waals surface area (Å²) >= 11 is 0. The maximum absolute atomic E-state index is 13.1. The summed E-state index contributed by atoms with van der Waals surface area (Å²) in [6.07, 6.45) is -1.37. The van der Waals surface area contributed by atoms with Crippen molar-refractivity contribution in [2.45, 2.75) is 18.8 Å². The van der Waals surface area contributed by atoms with Crippen molar-refractivity contribution in [1.82, 2.24) is 25.3 Å². The Morgan fingerprint density at radius 1 is 1.00 bits per heavy atom. The van der Waals surface area contributed by atoms with Gasteiger partial charge >= 0.3 is 12.1 Å². The van der Waals surface area contributed by atoms with Crippen molar-refractivity contribution >= 4 is 22.8 Å². The number of nitrogens with zero attached hydrogens (tertiary/aromatic N) is 3. The third-order valence-electron chi connectivity index (χ3n) is 6.24. The molecule has 0 radical (unpaired) electrons. The van der Waals surface area contributed by atoms with Gasteiger partial charge in [-0.25, -0.2) is 14.8 Å². The number of nitrogens with two attached hydrogens (primary N) is 1. The Hall–Kier alpha value is -5.10. The van der Waals surface area contributed by atoms with Gasteiger partial charge in [0.1, 0.15) is 5.69 Å². The second kappa shape index (κ2) is 11.6. The molecule has 0 saturated carbocycles. The van der Waals surface area contributed by atoms with Crippen LogP contribution >= 0.6 is 0 Å². The fourth-order valence-electron chi connectivity index (χ4n) is 4.23. The van der Waals surface area contributed by atoms with Crippen LogP contribution in [0.3, 0.4) is 0 Å². The number of H-pyrrole nitrogens is 1. The maximum atomic E-state index is 13.1. The van der Waals surface area contributed by atoms with Gasteiger partial charge in [0.15, 0.2) is 6.23 Å². The molecule has 3 aromatic heterocycles. The lowest BCUT2D eigenvalue weighted by Gasteiger charge is -2.16. The largest absolute Gasteiger partial charge is 0.490 e. The van der Waals surface area contributed by atoms with Gasteiger partial charge in [0, 0.05) is 47.4 Å². The number of pyridine rings is 2. The molecule has 12 heteroatoms. The summed E-state index contributed by atoms with van der Waals surface area (Å²) in [5, 5.41) is 3.42. The van der Waals surface area contributed by atoms with E-state index in [1.165, 1.54) is 18.3 Å².